The third-order valence-corrected chi connectivity index (χ3v) is 5.38. The molecule has 2 aromatic heterocycles. The molecule has 0 aliphatic carbocycles. The highest BCUT2D eigenvalue weighted by atomic mass is 35.5. The topological polar surface area (TPSA) is 52.2 Å². The molecule has 0 spiro atoms. The Bertz CT molecular complexity index is 1040. The normalized spacial score (nSPS) is 15.2. The number of aromatic nitrogens is 2. The summed E-state index contributed by atoms with van der Waals surface area (Å²) < 4.78 is 38.3. The van der Waals surface area contributed by atoms with E-state index in [1.807, 2.05) is 30.5 Å². The molecular formula is C20H18ClF3N4O. The predicted molar refractivity (Wildman–Crippen MR) is 105 cm³/mol. The number of nitrogens with one attached hydrogen (secondary N) is 1. The number of hydrogen-bond acceptors (Lipinski definition) is 3. The van der Waals surface area contributed by atoms with E-state index in [1.54, 1.807) is 9.80 Å². The second-order valence-corrected chi connectivity index (χ2v) is 7.34. The second-order valence-electron chi connectivity index (χ2n) is 6.93. The van der Waals surface area contributed by atoms with Gasteiger partial charge < -0.3 is 14.8 Å². The largest absolute Gasteiger partial charge is 0.417 e. The zero-order valence-corrected chi connectivity index (χ0v) is 16.1. The van der Waals surface area contributed by atoms with Gasteiger partial charge in [-0.25, -0.2) is 4.98 Å². The van der Waals surface area contributed by atoms with Crippen LogP contribution in [-0.4, -0.2) is 47.0 Å². The van der Waals surface area contributed by atoms with Crippen molar-refractivity contribution in [1.82, 2.24) is 14.9 Å². The first-order valence-electron chi connectivity index (χ1n) is 9.13. The van der Waals surface area contributed by atoms with E-state index in [9.17, 15) is 18.0 Å². The Morgan fingerprint density at radius 3 is 2.59 bits per heavy atom. The molecule has 0 atom stereocenters. The molecule has 3 heterocycles. The maximum Gasteiger partial charge on any atom is 0.417 e. The quantitative estimate of drug-likeness (QED) is 0.690. The lowest BCUT2D eigenvalue weighted by molar-refractivity contribution is -0.137. The van der Waals surface area contributed by atoms with Gasteiger partial charge in [-0.05, 0) is 17.7 Å². The first kappa shape index (κ1) is 19.6. The van der Waals surface area contributed by atoms with Gasteiger partial charge >= 0.3 is 6.18 Å². The fourth-order valence-corrected chi connectivity index (χ4v) is 3.82. The summed E-state index contributed by atoms with van der Waals surface area (Å²) in [6.07, 6.45) is -1.55. The van der Waals surface area contributed by atoms with Crippen LogP contribution in [0.4, 0.5) is 19.0 Å². The number of carbonyl (C=O) groups is 1. The number of pyridine rings is 1. The van der Waals surface area contributed by atoms with Crippen molar-refractivity contribution < 1.29 is 18.0 Å². The lowest BCUT2D eigenvalue weighted by Gasteiger charge is -2.35. The number of aromatic amines is 1. The summed E-state index contributed by atoms with van der Waals surface area (Å²) in [6, 6.07) is 8.69. The van der Waals surface area contributed by atoms with Gasteiger partial charge in [0.15, 0.2) is 0 Å². The van der Waals surface area contributed by atoms with Gasteiger partial charge in [-0.3, -0.25) is 4.79 Å². The van der Waals surface area contributed by atoms with Crippen molar-refractivity contribution in [2.24, 2.45) is 0 Å². The molecule has 1 amide bonds. The number of para-hydroxylation sites is 1. The minimum atomic E-state index is -4.48. The van der Waals surface area contributed by atoms with Crippen molar-refractivity contribution in [3.63, 3.8) is 0 Å². The molecular weight excluding hydrogens is 405 g/mol. The first-order valence-corrected chi connectivity index (χ1v) is 9.51. The lowest BCUT2D eigenvalue weighted by atomic mass is 10.1. The number of carbonyl (C=O) groups excluding carboxylic acids is 1. The Kier molecular flexibility index (Phi) is 5.12. The highest BCUT2D eigenvalue weighted by Crippen LogP contribution is 2.33. The molecule has 0 saturated carbocycles. The van der Waals surface area contributed by atoms with E-state index in [-0.39, 0.29) is 10.9 Å². The number of nitrogens with zero attached hydrogens (tertiary/aromatic N) is 3. The fraction of sp³-hybridized carbons (Fsp3) is 0.300. The monoisotopic (exact) mass is 422 g/mol. The summed E-state index contributed by atoms with van der Waals surface area (Å²) in [5.41, 5.74) is 1.06. The third kappa shape index (κ3) is 4.03. The second kappa shape index (κ2) is 7.59. The maximum absolute atomic E-state index is 12.8. The number of fused-ring (bicyclic) bond motifs is 1. The molecule has 29 heavy (non-hydrogen) atoms. The molecule has 152 valence electrons. The molecule has 0 unspecified atom stereocenters. The molecule has 9 heteroatoms. The van der Waals surface area contributed by atoms with Crippen LogP contribution in [0.25, 0.3) is 10.9 Å². The van der Waals surface area contributed by atoms with Gasteiger partial charge in [0, 0.05) is 49.5 Å². The molecule has 0 bridgehead atoms. The summed E-state index contributed by atoms with van der Waals surface area (Å²) in [6.45, 7) is 1.83. The number of halogens is 4. The van der Waals surface area contributed by atoms with Crippen molar-refractivity contribution in [3.8, 4) is 0 Å². The molecule has 4 rings (SSSR count). The van der Waals surface area contributed by atoms with Crippen LogP contribution in [0.3, 0.4) is 0 Å². The number of anilines is 1. The van der Waals surface area contributed by atoms with Crippen molar-refractivity contribution in [2.45, 2.75) is 12.6 Å². The van der Waals surface area contributed by atoms with Gasteiger partial charge in [-0.15, -0.1) is 0 Å². The standard InChI is InChI=1S/C20H18ClF3N4O/c21-16-10-14(20(22,23)24)12-26-19(16)28-7-5-27(6-8-28)18(29)9-13-11-25-17-4-2-1-3-15(13)17/h1-4,10-12,25H,5-9H2. The van der Waals surface area contributed by atoms with Gasteiger partial charge in [0.05, 0.1) is 17.0 Å². The smallest absolute Gasteiger partial charge is 0.361 e. The molecule has 1 fully saturated rings. The van der Waals surface area contributed by atoms with Gasteiger partial charge in [0.25, 0.3) is 0 Å². The van der Waals surface area contributed by atoms with Gasteiger partial charge in [-0.1, -0.05) is 29.8 Å². The van der Waals surface area contributed by atoms with E-state index < -0.39 is 11.7 Å². The minimum absolute atomic E-state index is 0.0147. The number of alkyl halides is 3. The Morgan fingerprint density at radius 2 is 1.90 bits per heavy atom. The van der Waals surface area contributed by atoms with E-state index in [0.717, 1.165) is 28.7 Å². The molecule has 5 nitrogen and oxygen atoms in total. The van der Waals surface area contributed by atoms with Crippen molar-refractivity contribution in [3.05, 3.63) is 58.9 Å². The maximum atomic E-state index is 12.8. The Balaban J connectivity index is 1.40. The average molecular weight is 423 g/mol. The summed E-state index contributed by atoms with van der Waals surface area (Å²) in [5, 5.41) is 0.985. The van der Waals surface area contributed by atoms with E-state index in [2.05, 4.69) is 9.97 Å². The van der Waals surface area contributed by atoms with E-state index >= 15 is 0 Å². The van der Waals surface area contributed by atoms with Gasteiger partial charge in [-0.2, -0.15) is 13.2 Å². The molecule has 0 radical (unpaired) electrons. The number of hydrogen-bond donors (Lipinski definition) is 1. The number of rotatable bonds is 3. The summed E-state index contributed by atoms with van der Waals surface area (Å²) >= 11 is 6.03. The first-order chi connectivity index (χ1) is 13.8. The van der Waals surface area contributed by atoms with Crippen LogP contribution < -0.4 is 4.90 Å². The Hall–Kier alpha value is -2.74. The van der Waals surface area contributed by atoms with Crippen molar-refractivity contribution in [2.75, 3.05) is 31.1 Å². The molecule has 3 aromatic rings. The number of amides is 1. The minimum Gasteiger partial charge on any atom is -0.361 e. The van der Waals surface area contributed by atoms with E-state index in [1.165, 1.54) is 0 Å². The molecule has 1 aromatic carbocycles. The Labute approximate surface area is 170 Å². The van der Waals surface area contributed by atoms with E-state index in [4.69, 9.17) is 11.6 Å². The molecule has 1 saturated heterocycles. The van der Waals surface area contributed by atoms with Crippen LogP contribution in [0.15, 0.2) is 42.7 Å². The SMILES string of the molecule is O=C(Cc1c[nH]c2ccccc12)N1CCN(c2ncc(C(F)(F)F)cc2Cl)CC1. The van der Waals surface area contributed by atoms with Crippen LogP contribution in [0.5, 0.6) is 0 Å². The van der Waals surface area contributed by atoms with E-state index in [0.29, 0.717) is 38.4 Å². The van der Waals surface area contributed by atoms with Crippen LogP contribution >= 0.6 is 11.6 Å². The van der Waals surface area contributed by atoms with Gasteiger partial charge in [0.2, 0.25) is 5.91 Å². The molecule has 1 aliphatic rings. The molecule has 1 N–H and O–H groups in total. The average Bonchev–Trinajstić information content (AvgIpc) is 3.10. The summed E-state index contributed by atoms with van der Waals surface area (Å²) in [7, 11) is 0. The van der Waals surface area contributed by atoms with Crippen LogP contribution in [-0.2, 0) is 17.4 Å². The Morgan fingerprint density at radius 1 is 1.17 bits per heavy atom. The van der Waals surface area contributed by atoms with Crippen LogP contribution in [0, 0.1) is 0 Å². The zero-order valence-electron chi connectivity index (χ0n) is 15.3. The number of H-pyrrole nitrogens is 1. The number of piperazine rings is 1. The van der Waals surface area contributed by atoms with Crippen LogP contribution in [0.2, 0.25) is 5.02 Å². The van der Waals surface area contributed by atoms with Gasteiger partial charge in [0.1, 0.15) is 5.82 Å². The molecule has 1 aliphatic heterocycles. The summed E-state index contributed by atoms with van der Waals surface area (Å²) in [4.78, 5) is 23.3. The van der Waals surface area contributed by atoms with Crippen LogP contribution in [0.1, 0.15) is 11.1 Å². The van der Waals surface area contributed by atoms with Crippen molar-refractivity contribution in [1.29, 1.82) is 0 Å². The predicted octanol–water partition coefficient (Wildman–Crippen LogP) is 4.13. The van der Waals surface area contributed by atoms with Crippen molar-refractivity contribution >= 4 is 34.2 Å². The highest BCUT2D eigenvalue weighted by molar-refractivity contribution is 6.33. The third-order valence-electron chi connectivity index (χ3n) is 5.10. The summed E-state index contributed by atoms with van der Waals surface area (Å²) in [5.74, 6) is 0.323. The fourth-order valence-electron chi connectivity index (χ4n) is 3.54. The highest BCUT2D eigenvalue weighted by Gasteiger charge is 2.32. The lowest BCUT2D eigenvalue weighted by Crippen LogP contribution is -2.49. The zero-order chi connectivity index (χ0) is 20.6. The number of benzene rings is 1.